The predicted octanol–water partition coefficient (Wildman–Crippen LogP) is 4.82. The number of thioether (sulfide) groups is 1. The molecule has 2 heteroatoms. The number of rotatable bonds is 9. The molecule has 0 aliphatic carbocycles. The van der Waals surface area contributed by atoms with E-state index < -0.39 is 0 Å². The van der Waals surface area contributed by atoms with Gasteiger partial charge in [-0.2, -0.15) is 0 Å². The van der Waals surface area contributed by atoms with Gasteiger partial charge in [0.1, 0.15) is 0 Å². The second-order valence-electron chi connectivity index (χ2n) is 3.60. The van der Waals surface area contributed by atoms with Gasteiger partial charge in [-0.05, 0) is 6.42 Å². The molecule has 0 rings (SSSR count). The lowest BCUT2D eigenvalue weighted by molar-refractivity contribution is 0.589. The summed E-state index contributed by atoms with van der Waals surface area (Å²) >= 11 is 6.59. The van der Waals surface area contributed by atoms with Crippen molar-refractivity contribution in [1.82, 2.24) is 0 Å². The normalized spacial score (nSPS) is 12.8. The summed E-state index contributed by atoms with van der Waals surface area (Å²) in [4.78, 5) is 0. The van der Waals surface area contributed by atoms with E-state index in [1.807, 2.05) is 0 Å². The Bertz CT molecular complexity index is 113. The van der Waals surface area contributed by atoms with Crippen LogP contribution in [0.4, 0.5) is 0 Å². The zero-order chi connectivity index (χ0) is 9.94. The summed E-state index contributed by atoms with van der Waals surface area (Å²) in [5.74, 6) is 0. The van der Waals surface area contributed by atoms with Crippen molar-refractivity contribution in [3.05, 3.63) is 0 Å². The maximum absolute atomic E-state index is 4.80. The molecule has 0 spiro atoms. The van der Waals surface area contributed by atoms with Gasteiger partial charge in [-0.1, -0.05) is 64.6 Å². The van der Waals surface area contributed by atoms with Gasteiger partial charge < -0.3 is 0 Å². The Hall–Kier alpha value is 0.440. The topological polar surface area (TPSA) is 0 Å². The van der Waals surface area contributed by atoms with E-state index in [1.165, 1.54) is 44.9 Å². The molecule has 13 heavy (non-hydrogen) atoms. The molecule has 0 aromatic rings. The van der Waals surface area contributed by atoms with E-state index in [2.05, 4.69) is 13.8 Å². The molecule has 0 aliphatic rings. The first-order valence-corrected chi connectivity index (χ1v) is 6.81. The molecule has 1 unspecified atom stereocenters. The Morgan fingerprint density at radius 2 is 1.77 bits per heavy atom. The van der Waals surface area contributed by atoms with Crippen molar-refractivity contribution in [1.29, 1.82) is 0 Å². The van der Waals surface area contributed by atoms with E-state index in [-0.39, 0.29) is 0 Å². The van der Waals surface area contributed by atoms with Crippen LogP contribution in [0.1, 0.15) is 58.8 Å². The molecule has 0 aliphatic heterocycles. The van der Waals surface area contributed by atoms with E-state index in [1.54, 1.807) is 16.5 Å². The molecular formula is C11H22S2. The van der Waals surface area contributed by atoms with Gasteiger partial charge in [-0.25, -0.2) is 0 Å². The summed E-state index contributed by atoms with van der Waals surface area (Å²) in [5, 5.41) is 0.726. The molecule has 0 aromatic carbocycles. The minimum absolute atomic E-state index is 0.726. The van der Waals surface area contributed by atoms with Crippen LogP contribution in [-0.4, -0.2) is 9.95 Å². The van der Waals surface area contributed by atoms with E-state index in [0.717, 1.165) is 5.25 Å². The van der Waals surface area contributed by atoms with Crippen LogP contribution in [0, 0.1) is 0 Å². The van der Waals surface area contributed by atoms with Crippen molar-refractivity contribution >= 4 is 28.7 Å². The molecule has 0 bridgehead atoms. The highest BCUT2D eigenvalue weighted by Crippen LogP contribution is 2.16. The standard InChI is InChI=1S/C11H22S2/c1-3-4-5-6-7-8-9-11(2)13-10-12/h10-11H,3-9H2,1-2H3. The summed E-state index contributed by atoms with van der Waals surface area (Å²) < 4.78 is 1.79. The van der Waals surface area contributed by atoms with Crippen LogP contribution in [0.5, 0.6) is 0 Å². The number of hydrogen-bond acceptors (Lipinski definition) is 2. The van der Waals surface area contributed by atoms with Crippen LogP contribution in [-0.2, 0) is 0 Å². The maximum Gasteiger partial charge on any atom is 0.0344 e. The van der Waals surface area contributed by atoms with E-state index >= 15 is 0 Å². The smallest absolute Gasteiger partial charge is 0.0344 e. The zero-order valence-corrected chi connectivity index (χ0v) is 10.6. The molecule has 0 heterocycles. The van der Waals surface area contributed by atoms with Crippen LogP contribution in [0.2, 0.25) is 0 Å². The number of hydrogen-bond donors (Lipinski definition) is 0. The van der Waals surface area contributed by atoms with Gasteiger partial charge in [0.25, 0.3) is 0 Å². The van der Waals surface area contributed by atoms with Crippen LogP contribution >= 0.6 is 24.0 Å². The van der Waals surface area contributed by atoms with Gasteiger partial charge in [0.15, 0.2) is 0 Å². The SMILES string of the molecule is CCCCCCCCC(C)SC=S. The highest BCUT2D eigenvalue weighted by atomic mass is 32.2. The molecule has 0 nitrogen and oxygen atoms in total. The van der Waals surface area contributed by atoms with Gasteiger partial charge in [0.05, 0.1) is 0 Å². The lowest BCUT2D eigenvalue weighted by atomic mass is 10.1. The largest absolute Gasteiger partial charge is 0.119 e. The van der Waals surface area contributed by atoms with Crippen molar-refractivity contribution in [2.45, 2.75) is 64.0 Å². The Morgan fingerprint density at radius 1 is 1.15 bits per heavy atom. The van der Waals surface area contributed by atoms with E-state index in [0.29, 0.717) is 0 Å². The van der Waals surface area contributed by atoms with Crippen molar-refractivity contribution in [3.8, 4) is 0 Å². The Balaban J connectivity index is 3.01. The highest BCUT2D eigenvalue weighted by molar-refractivity contribution is 8.21. The molecule has 0 saturated carbocycles. The first-order valence-electron chi connectivity index (χ1n) is 5.40. The van der Waals surface area contributed by atoms with E-state index in [4.69, 9.17) is 12.2 Å². The molecule has 1 atom stereocenters. The second kappa shape index (κ2) is 10.5. The van der Waals surface area contributed by atoms with Gasteiger partial charge in [0, 0.05) is 9.95 Å². The summed E-state index contributed by atoms with van der Waals surface area (Å²) in [6.07, 6.45) is 9.70. The fourth-order valence-corrected chi connectivity index (χ4v) is 2.44. The van der Waals surface area contributed by atoms with E-state index in [9.17, 15) is 0 Å². The van der Waals surface area contributed by atoms with Crippen molar-refractivity contribution < 1.29 is 0 Å². The first kappa shape index (κ1) is 13.4. The molecule has 0 N–H and O–H groups in total. The lowest BCUT2D eigenvalue weighted by Crippen LogP contribution is -1.94. The van der Waals surface area contributed by atoms with Gasteiger partial charge in [-0.15, -0.1) is 11.8 Å². The molecule has 0 radical (unpaired) electrons. The second-order valence-corrected chi connectivity index (χ2v) is 5.45. The molecule has 78 valence electrons. The van der Waals surface area contributed by atoms with Crippen LogP contribution in [0.15, 0.2) is 0 Å². The van der Waals surface area contributed by atoms with Gasteiger partial charge >= 0.3 is 0 Å². The average Bonchev–Trinajstić information content (AvgIpc) is 2.11. The predicted molar refractivity (Wildman–Crippen MR) is 68.7 cm³/mol. The molecule has 0 fully saturated rings. The third-order valence-electron chi connectivity index (χ3n) is 2.25. The molecule has 0 saturated heterocycles. The third-order valence-corrected chi connectivity index (χ3v) is 3.40. The Labute approximate surface area is 92.9 Å². The number of thiocarbonyl (C=S) groups is 1. The molecule has 0 aromatic heterocycles. The summed E-state index contributed by atoms with van der Waals surface area (Å²) in [6.45, 7) is 4.53. The minimum atomic E-state index is 0.726. The Kier molecular flexibility index (Phi) is 10.9. The number of unbranched alkanes of at least 4 members (excludes halogenated alkanes) is 5. The molecular weight excluding hydrogens is 196 g/mol. The monoisotopic (exact) mass is 218 g/mol. The van der Waals surface area contributed by atoms with Crippen LogP contribution in [0.3, 0.4) is 0 Å². The van der Waals surface area contributed by atoms with Crippen LogP contribution < -0.4 is 0 Å². The van der Waals surface area contributed by atoms with Crippen molar-refractivity contribution in [3.63, 3.8) is 0 Å². The summed E-state index contributed by atoms with van der Waals surface area (Å²) in [7, 11) is 0. The lowest BCUT2D eigenvalue weighted by Gasteiger charge is -2.06. The van der Waals surface area contributed by atoms with Gasteiger partial charge in [0.2, 0.25) is 0 Å². The third kappa shape index (κ3) is 10.4. The quantitative estimate of drug-likeness (QED) is 0.402. The highest BCUT2D eigenvalue weighted by Gasteiger charge is 1.99. The first-order chi connectivity index (χ1) is 6.31. The van der Waals surface area contributed by atoms with Crippen LogP contribution in [0.25, 0.3) is 0 Å². The maximum atomic E-state index is 4.80. The zero-order valence-electron chi connectivity index (χ0n) is 8.92. The average molecular weight is 218 g/mol. The van der Waals surface area contributed by atoms with Crippen molar-refractivity contribution in [2.24, 2.45) is 0 Å². The summed E-state index contributed by atoms with van der Waals surface area (Å²) in [6, 6.07) is 0. The molecule has 0 amide bonds. The van der Waals surface area contributed by atoms with Gasteiger partial charge in [-0.3, -0.25) is 0 Å². The van der Waals surface area contributed by atoms with Crippen molar-refractivity contribution in [2.75, 3.05) is 0 Å². The summed E-state index contributed by atoms with van der Waals surface area (Å²) in [5.41, 5.74) is 0. The fourth-order valence-electron chi connectivity index (χ4n) is 1.38. The minimum Gasteiger partial charge on any atom is -0.119 e. The Morgan fingerprint density at radius 3 is 2.38 bits per heavy atom. The fraction of sp³-hybridized carbons (Fsp3) is 0.909.